The number of halogens is 3. The van der Waals surface area contributed by atoms with E-state index in [-0.39, 0.29) is 54.7 Å². The molecule has 7 rings (SSSR count). The van der Waals surface area contributed by atoms with Crippen molar-refractivity contribution in [3.05, 3.63) is 144 Å². The van der Waals surface area contributed by atoms with Crippen LogP contribution in [0.15, 0.2) is 122 Å². The van der Waals surface area contributed by atoms with Gasteiger partial charge in [0.15, 0.2) is 0 Å². The fourth-order valence-corrected chi connectivity index (χ4v) is 6.72. The summed E-state index contributed by atoms with van der Waals surface area (Å²) in [5.74, 6) is 0.716. The van der Waals surface area contributed by atoms with Gasteiger partial charge >= 0.3 is 25.7 Å². The van der Waals surface area contributed by atoms with E-state index >= 15 is 0 Å². The molecule has 7 aromatic rings. The van der Waals surface area contributed by atoms with Gasteiger partial charge in [-0.1, -0.05) is 82.2 Å². The normalized spacial score (nSPS) is 10.4. The van der Waals surface area contributed by atoms with Crippen LogP contribution in [0, 0.1) is 0 Å². The van der Waals surface area contributed by atoms with E-state index < -0.39 is 11.9 Å². The van der Waals surface area contributed by atoms with Crippen molar-refractivity contribution in [3.8, 4) is 51.5 Å². The summed E-state index contributed by atoms with van der Waals surface area (Å²) in [6, 6.07) is 29.6. The molecule has 0 N–H and O–H groups in total. The number of aromatic nitrogens is 6. The molecular weight excluding hydrogens is 999 g/mol. The average Bonchev–Trinajstić information content (AvgIpc) is 3.86. The van der Waals surface area contributed by atoms with Gasteiger partial charge in [0.2, 0.25) is 0 Å². The van der Waals surface area contributed by atoms with Crippen LogP contribution in [-0.2, 0) is 52.9 Å². The third-order valence-corrected chi connectivity index (χ3v) is 9.92. The molecule has 0 bridgehead atoms. The average molecular weight is 1040 g/mol. The van der Waals surface area contributed by atoms with Crippen LogP contribution in [0.1, 0.15) is 69.2 Å². The number of aryl methyl sites for hydroxylation is 2. The van der Waals surface area contributed by atoms with Crippen LogP contribution in [0.3, 0.4) is 0 Å². The molecule has 0 atom stereocenters. The molecule has 5 heterocycles. The number of isothiocyanates is 1. The molecular formula is C50H45F3N8O6RuS. The second kappa shape index (κ2) is 28.1. The van der Waals surface area contributed by atoms with E-state index in [2.05, 4.69) is 109 Å². The largest absolute Gasteiger partial charge is 2.00 e. The number of pyridine rings is 4. The Kier molecular flexibility index (Phi) is 22.1. The van der Waals surface area contributed by atoms with Crippen molar-refractivity contribution < 1.29 is 61.2 Å². The zero-order valence-corrected chi connectivity index (χ0v) is 39.9. The van der Waals surface area contributed by atoms with E-state index in [0.29, 0.717) is 35.7 Å². The standard InChI is InChI=1S/C31H34F3N4.C18H11N3O6.CNS.Ru/c1-3-5-7-9-23-11-15-25(16-12-23)38(26-17-13-24(14-18-26)10-8-6-4-2)27-19-20-35-28(21-27)30-36-22-29(37-30)31(32,33)34;22-9-25-12-1-3-19-15(5-12)17-7-14(27-11-24)8-18(21-17)16-6-13(26-10-23)2-4-20-16;2-1-3;/h11-22H,3-10H2,1-2H3;1-11H;;/q-1;;-1;+2. The summed E-state index contributed by atoms with van der Waals surface area (Å²) in [6.07, 6.45) is 9.84. The molecule has 14 nitrogen and oxygen atoms in total. The van der Waals surface area contributed by atoms with Crippen molar-refractivity contribution >= 4 is 53.9 Å². The van der Waals surface area contributed by atoms with Gasteiger partial charge in [0.25, 0.3) is 19.4 Å². The Morgan fingerprint density at radius 3 is 1.48 bits per heavy atom. The van der Waals surface area contributed by atoms with Crippen molar-refractivity contribution in [3.63, 3.8) is 0 Å². The van der Waals surface area contributed by atoms with Crippen LogP contribution in [-0.4, -0.2) is 49.5 Å². The predicted octanol–water partition coefficient (Wildman–Crippen LogP) is 11.5. The van der Waals surface area contributed by atoms with E-state index in [1.165, 1.54) is 90.8 Å². The van der Waals surface area contributed by atoms with Crippen LogP contribution in [0.2, 0.25) is 0 Å². The van der Waals surface area contributed by atoms with Gasteiger partial charge in [-0.05, 0) is 91.2 Å². The Morgan fingerprint density at radius 1 is 0.609 bits per heavy atom. The zero-order chi connectivity index (χ0) is 48.7. The minimum absolute atomic E-state index is 0. The molecule has 0 radical (unpaired) electrons. The number of anilines is 3. The van der Waals surface area contributed by atoms with Crippen molar-refractivity contribution in [2.24, 2.45) is 0 Å². The predicted molar refractivity (Wildman–Crippen MR) is 254 cm³/mol. The van der Waals surface area contributed by atoms with E-state index in [4.69, 9.17) is 19.6 Å². The topological polar surface area (TPSA) is 183 Å². The number of hydrogen-bond acceptors (Lipinski definition) is 13. The van der Waals surface area contributed by atoms with Crippen LogP contribution in [0.5, 0.6) is 17.2 Å². The van der Waals surface area contributed by atoms with Gasteiger partial charge < -0.3 is 34.5 Å². The van der Waals surface area contributed by atoms with Crippen molar-refractivity contribution in [2.45, 2.75) is 71.4 Å². The van der Waals surface area contributed by atoms with Crippen LogP contribution < -0.4 is 24.1 Å². The first-order valence-corrected chi connectivity index (χ1v) is 21.7. The number of ether oxygens (including phenoxy) is 3. The summed E-state index contributed by atoms with van der Waals surface area (Å²) >= 11 is 3.70. The van der Waals surface area contributed by atoms with Crippen LogP contribution in [0.4, 0.5) is 30.2 Å². The second-order valence-corrected chi connectivity index (χ2v) is 14.8. The van der Waals surface area contributed by atoms with Gasteiger partial charge in [0.1, 0.15) is 17.2 Å². The summed E-state index contributed by atoms with van der Waals surface area (Å²) in [5, 5.41) is 8.47. The molecule has 0 aliphatic rings. The maximum absolute atomic E-state index is 13.1. The summed E-state index contributed by atoms with van der Waals surface area (Å²) in [4.78, 5) is 58.5. The quantitative estimate of drug-likeness (QED) is 0.0231. The first kappa shape index (κ1) is 54.3. The molecule has 0 saturated carbocycles. The fraction of sp³-hybridized carbons (Fsp3) is 0.220. The third-order valence-electron chi connectivity index (χ3n) is 9.92. The summed E-state index contributed by atoms with van der Waals surface area (Å²) < 4.78 is 53.8. The fourth-order valence-electron chi connectivity index (χ4n) is 6.72. The Balaban J connectivity index is 0.000000294. The van der Waals surface area contributed by atoms with E-state index in [0.717, 1.165) is 48.9 Å². The summed E-state index contributed by atoms with van der Waals surface area (Å²) in [5.41, 5.74) is 5.99. The van der Waals surface area contributed by atoms with Crippen LogP contribution >= 0.6 is 12.2 Å². The van der Waals surface area contributed by atoms with Crippen molar-refractivity contribution in [1.82, 2.24) is 29.9 Å². The van der Waals surface area contributed by atoms with Crippen molar-refractivity contribution in [2.75, 3.05) is 4.90 Å². The Labute approximate surface area is 415 Å². The number of carbonyl (C=O) groups is 3. The van der Waals surface area contributed by atoms with Gasteiger partial charge in [-0.2, -0.15) is 18.3 Å². The molecule has 69 heavy (non-hydrogen) atoms. The van der Waals surface area contributed by atoms with E-state index in [1.54, 1.807) is 12.3 Å². The maximum Gasteiger partial charge on any atom is 2.00 e. The number of hydrogen-bond donors (Lipinski definition) is 0. The van der Waals surface area contributed by atoms with E-state index in [9.17, 15) is 27.6 Å². The van der Waals surface area contributed by atoms with Gasteiger partial charge in [-0.15, -0.1) is 0 Å². The number of thiocarbonyl (C=S) groups is 1. The molecule has 0 unspecified atom stereocenters. The number of nitrogens with zero attached hydrogens (tertiary/aromatic N) is 8. The number of alkyl halides is 3. The molecule has 0 aliphatic carbocycles. The first-order valence-electron chi connectivity index (χ1n) is 21.3. The van der Waals surface area contributed by atoms with Gasteiger partial charge in [-0.3, -0.25) is 29.3 Å². The van der Waals surface area contributed by atoms with Crippen molar-refractivity contribution in [1.29, 1.82) is 0 Å². The van der Waals surface area contributed by atoms with E-state index in [1.807, 2.05) is 6.07 Å². The molecule has 0 aliphatic heterocycles. The smallest absolute Gasteiger partial charge is 0.753 e. The Hall–Kier alpha value is -7.33. The first-order chi connectivity index (χ1) is 33.0. The minimum atomic E-state index is -4.55. The summed E-state index contributed by atoms with van der Waals surface area (Å²) in [6.45, 7) is 5.27. The Bertz CT molecular complexity index is 2630. The van der Waals surface area contributed by atoms with Gasteiger partial charge in [-0.25, -0.2) is 4.98 Å². The molecule has 0 amide bonds. The molecule has 0 saturated heterocycles. The number of rotatable bonds is 20. The number of imidazole rings is 1. The van der Waals surface area contributed by atoms with Gasteiger partial charge in [0, 0.05) is 65.6 Å². The minimum Gasteiger partial charge on any atom is -0.753 e. The molecule has 0 spiro atoms. The third kappa shape index (κ3) is 16.5. The molecule has 5 aromatic heterocycles. The van der Waals surface area contributed by atoms with Gasteiger partial charge in [0.05, 0.1) is 28.5 Å². The molecule has 2 aromatic carbocycles. The number of benzene rings is 2. The zero-order valence-electron chi connectivity index (χ0n) is 37.4. The SMILES string of the molecule is CCCCCc1ccc(N(c2ccc(CCCCC)cc2)c2ccnc(-c3nc(C(F)(F)F)c[n-]3)c2)cc1.O=COc1ccnc(-c2cc(OC=O)cc(-c3cc(OC=O)ccn3)n2)c1.[N-]=C=S.[Ru+2]. The monoisotopic (exact) mass is 1040 g/mol. The number of carbonyl (C=O) groups excluding carboxylic acids is 3. The molecule has 19 heteroatoms. The Morgan fingerprint density at radius 2 is 1.04 bits per heavy atom. The number of unbranched alkanes of at least 4 members (excludes halogenated alkanes) is 4. The second-order valence-electron chi connectivity index (χ2n) is 14.6. The van der Waals surface area contributed by atoms with Crippen LogP contribution in [0.25, 0.3) is 39.7 Å². The molecule has 0 fully saturated rings. The maximum atomic E-state index is 13.1. The summed E-state index contributed by atoms with van der Waals surface area (Å²) in [7, 11) is 0. The molecule has 356 valence electrons.